The van der Waals surface area contributed by atoms with Gasteiger partial charge >= 0.3 is 5.97 Å². The number of rotatable bonds is 6. The SMILES string of the molecule is CCS(=O)(=O)N1CCC(C(=O)Nc2ccc(CC(=O)O)cc2)CC1. The zero-order chi connectivity index (χ0) is 17.7. The predicted octanol–water partition coefficient (Wildman–Crippen LogP) is 1.31. The van der Waals surface area contributed by atoms with Gasteiger partial charge in [-0.15, -0.1) is 0 Å². The molecular formula is C16H22N2O5S. The van der Waals surface area contributed by atoms with Gasteiger partial charge in [-0.1, -0.05) is 12.1 Å². The third kappa shape index (κ3) is 4.78. The average molecular weight is 354 g/mol. The van der Waals surface area contributed by atoms with E-state index < -0.39 is 16.0 Å². The van der Waals surface area contributed by atoms with E-state index in [0.29, 0.717) is 37.2 Å². The second-order valence-corrected chi connectivity index (χ2v) is 8.09. The number of carboxylic acid groups (broad SMARTS) is 1. The van der Waals surface area contributed by atoms with Crippen LogP contribution in [-0.2, 0) is 26.0 Å². The third-order valence-corrected chi connectivity index (χ3v) is 6.04. The van der Waals surface area contributed by atoms with Crippen molar-refractivity contribution >= 4 is 27.6 Å². The van der Waals surface area contributed by atoms with E-state index in [4.69, 9.17) is 5.11 Å². The standard InChI is InChI=1S/C16H22N2O5S/c1-2-24(22,23)18-9-7-13(8-10-18)16(21)17-14-5-3-12(4-6-14)11-15(19)20/h3-6,13H,2,7-11H2,1H3,(H,17,21)(H,19,20). The molecular weight excluding hydrogens is 332 g/mol. The highest BCUT2D eigenvalue weighted by Gasteiger charge is 2.30. The Kier molecular flexibility index (Phi) is 5.95. The summed E-state index contributed by atoms with van der Waals surface area (Å²) in [5, 5.41) is 11.5. The first-order chi connectivity index (χ1) is 11.3. The van der Waals surface area contributed by atoms with Crippen molar-refractivity contribution in [2.45, 2.75) is 26.2 Å². The number of aliphatic carboxylic acids is 1. The Morgan fingerprint density at radius 1 is 1.21 bits per heavy atom. The van der Waals surface area contributed by atoms with Crippen molar-refractivity contribution in [3.63, 3.8) is 0 Å². The van der Waals surface area contributed by atoms with Crippen LogP contribution in [0.2, 0.25) is 0 Å². The van der Waals surface area contributed by atoms with Gasteiger partial charge in [0.15, 0.2) is 0 Å². The van der Waals surface area contributed by atoms with E-state index in [1.54, 1.807) is 31.2 Å². The van der Waals surface area contributed by atoms with Crippen LogP contribution in [0, 0.1) is 5.92 Å². The normalized spacial score (nSPS) is 16.7. The molecule has 0 unspecified atom stereocenters. The Morgan fingerprint density at radius 3 is 2.29 bits per heavy atom. The van der Waals surface area contributed by atoms with Gasteiger partial charge in [0.05, 0.1) is 12.2 Å². The first-order valence-electron chi connectivity index (χ1n) is 7.91. The van der Waals surface area contributed by atoms with Crippen LogP contribution in [-0.4, -0.2) is 48.5 Å². The maximum atomic E-state index is 12.3. The first-order valence-corrected chi connectivity index (χ1v) is 9.52. The van der Waals surface area contributed by atoms with Crippen molar-refractivity contribution in [1.82, 2.24) is 4.31 Å². The van der Waals surface area contributed by atoms with Crippen molar-refractivity contribution in [3.8, 4) is 0 Å². The summed E-state index contributed by atoms with van der Waals surface area (Å²) >= 11 is 0. The van der Waals surface area contributed by atoms with E-state index in [-0.39, 0.29) is 24.0 Å². The largest absolute Gasteiger partial charge is 0.481 e. The van der Waals surface area contributed by atoms with Gasteiger partial charge in [-0.25, -0.2) is 12.7 Å². The fourth-order valence-electron chi connectivity index (χ4n) is 2.70. The van der Waals surface area contributed by atoms with Gasteiger partial charge in [-0.3, -0.25) is 9.59 Å². The van der Waals surface area contributed by atoms with Crippen LogP contribution >= 0.6 is 0 Å². The second-order valence-electron chi connectivity index (χ2n) is 5.83. The molecule has 1 aromatic rings. The lowest BCUT2D eigenvalue weighted by Gasteiger charge is -2.30. The summed E-state index contributed by atoms with van der Waals surface area (Å²) in [6.45, 7) is 2.35. The zero-order valence-corrected chi connectivity index (χ0v) is 14.4. The molecule has 0 radical (unpaired) electrons. The van der Waals surface area contributed by atoms with E-state index >= 15 is 0 Å². The van der Waals surface area contributed by atoms with Gasteiger partial charge in [0.1, 0.15) is 0 Å². The average Bonchev–Trinajstić information content (AvgIpc) is 2.56. The Hall–Kier alpha value is -1.93. The van der Waals surface area contributed by atoms with Crippen molar-refractivity contribution in [1.29, 1.82) is 0 Å². The summed E-state index contributed by atoms with van der Waals surface area (Å²) in [4.78, 5) is 22.9. The Bertz CT molecular complexity index is 692. The number of hydrogen-bond acceptors (Lipinski definition) is 4. The fourth-order valence-corrected chi connectivity index (χ4v) is 3.84. The molecule has 132 valence electrons. The lowest BCUT2D eigenvalue weighted by atomic mass is 9.97. The van der Waals surface area contributed by atoms with E-state index in [2.05, 4.69) is 5.32 Å². The Labute approximate surface area is 141 Å². The van der Waals surface area contributed by atoms with Crippen LogP contribution in [0.25, 0.3) is 0 Å². The number of carbonyl (C=O) groups is 2. The van der Waals surface area contributed by atoms with Gasteiger partial charge in [-0.05, 0) is 37.5 Å². The number of hydrogen-bond donors (Lipinski definition) is 2. The molecule has 1 fully saturated rings. The van der Waals surface area contributed by atoms with Crippen molar-refractivity contribution in [3.05, 3.63) is 29.8 Å². The van der Waals surface area contributed by atoms with Gasteiger partial charge < -0.3 is 10.4 Å². The monoisotopic (exact) mass is 354 g/mol. The van der Waals surface area contributed by atoms with Gasteiger partial charge in [-0.2, -0.15) is 0 Å². The molecule has 1 saturated heterocycles. The minimum Gasteiger partial charge on any atom is -0.481 e. The number of piperidine rings is 1. The minimum absolute atomic E-state index is 0.0570. The molecule has 0 atom stereocenters. The van der Waals surface area contributed by atoms with Gasteiger partial charge in [0.25, 0.3) is 0 Å². The zero-order valence-electron chi connectivity index (χ0n) is 13.6. The highest BCUT2D eigenvalue weighted by molar-refractivity contribution is 7.89. The van der Waals surface area contributed by atoms with E-state index in [9.17, 15) is 18.0 Å². The van der Waals surface area contributed by atoms with Gasteiger partial charge in [0.2, 0.25) is 15.9 Å². The van der Waals surface area contributed by atoms with Crippen LogP contribution in [0.3, 0.4) is 0 Å². The van der Waals surface area contributed by atoms with Crippen LogP contribution in [0.4, 0.5) is 5.69 Å². The van der Waals surface area contributed by atoms with Crippen molar-refractivity contribution in [2.75, 3.05) is 24.2 Å². The highest BCUT2D eigenvalue weighted by Crippen LogP contribution is 2.22. The summed E-state index contributed by atoms with van der Waals surface area (Å²) in [6.07, 6.45) is 0.947. The number of carbonyl (C=O) groups excluding carboxylic acids is 1. The van der Waals surface area contributed by atoms with E-state index in [0.717, 1.165) is 0 Å². The van der Waals surface area contributed by atoms with E-state index in [1.807, 2.05) is 0 Å². The molecule has 0 aromatic heterocycles. The fraction of sp³-hybridized carbons (Fsp3) is 0.500. The molecule has 0 aliphatic carbocycles. The Balaban J connectivity index is 1.88. The Morgan fingerprint density at radius 2 is 1.79 bits per heavy atom. The number of anilines is 1. The number of carboxylic acids is 1. The molecule has 1 aromatic carbocycles. The molecule has 1 aliphatic rings. The molecule has 0 spiro atoms. The molecule has 1 amide bonds. The number of sulfonamides is 1. The summed E-state index contributed by atoms with van der Waals surface area (Å²) in [5.41, 5.74) is 1.27. The summed E-state index contributed by atoms with van der Waals surface area (Å²) in [6, 6.07) is 6.68. The summed E-state index contributed by atoms with van der Waals surface area (Å²) in [5.74, 6) is -1.17. The molecule has 2 N–H and O–H groups in total. The summed E-state index contributed by atoms with van der Waals surface area (Å²) < 4.78 is 25.1. The lowest BCUT2D eigenvalue weighted by Crippen LogP contribution is -2.42. The lowest BCUT2D eigenvalue weighted by molar-refractivity contribution is -0.136. The molecule has 8 heteroatoms. The molecule has 24 heavy (non-hydrogen) atoms. The third-order valence-electron chi connectivity index (χ3n) is 4.16. The molecule has 2 rings (SSSR count). The van der Waals surface area contributed by atoms with Crippen LogP contribution in [0.5, 0.6) is 0 Å². The van der Waals surface area contributed by atoms with Crippen LogP contribution in [0.1, 0.15) is 25.3 Å². The van der Waals surface area contributed by atoms with E-state index in [1.165, 1.54) is 4.31 Å². The molecule has 0 bridgehead atoms. The molecule has 0 saturated carbocycles. The van der Waals surface area contributed by atoms with Crippen LogP contribution < -0.4 is 5.32 Å². The van der Waals surface area contributed by atoms with Crippen LogP contribution in [0.15, 0.2) is 24.3 Å². The highest BCUT2D eigenvalue weighted by atomic mass is 32.2. The smallest absolute Gasteiger partial charge is 0.307 e. The quantitative estimate of drug-likeness (QED) is 0.802. The maximum absolute atomic E-state index is 12.3. The first kappa shape index (κ1) is 18.4. The number of nitrogens with one attached hydrogen (secondary N) is 1. The maximum Gasteiger partial charge on any atom is 0.307 e. The molecule has 7 nitrogen and oxygen atoms in total. The minimum atomic E-state index is -3.19. The number of amides is 1. The molecule has 1 heterocycles. The van der Waals surface area contributed by atoms with Gasteiger partial charge in [0, 0.05) is 24.7 Å². The number of benzene rings is 1. The predicted molar refractivity (Wildman–Crippen MR) is 90.2 cm³/mol. The molecule has 1 aliphatic heterocycles. The topological polar surface area (TPSA) is 104 Å². The summed E-state index contributed by atoms with van der Waals surface area (Å²) in [7, 11) is -3.19. The van der Waals surface area contributed by atoms with Crippen molar-refractivity contribution in [2.24, 2.45) is 5.92 Å². The second kappa shape index (κ2) is 7.76. The van der Waals surface area contributed by atoms with Crippen molar-refractivity contribution < 1.29 is 23.1 Å². The number of nitrogens with zero attached hydrogens (tertiary/aromatic N) is 1.